The highest BCUT2D eigenvalue weighted by Gasteiger charge is 2.38. The Balaban J connectivity index is 0.000000188. The lowest BCUT2D eigenvalue weighted by Crippen LogP contribution is -2.29. The molecule has 14 heteroatoms. The fourth-order valence-corrected chi connectivity index (χ4v) is 10.2. The van der Waals surface area contributed by atoms with Gasteiger partial charge in [-0.2, -0.15) is 0 Å². The molecule has 3 N–H and O–H groups in total. The fourth-order valence-electron chi connectivity index (χ4n) is 10.2. The van der Waals surface area contributed by atoms with Gasteiger partial charge in [0, 0.05) is 59.0 Å². The van der Waals surface area contributed by atoms with Crippen LogP contribution in [0.5, 0.6) is 23.0 Å². The van der Waals surface area contributed by atoms with Crippen LogP contribution in [0.25, 0.3) is 22.5 Å². The third-order valence-electron chi connectivity index (χ3n) is 15.7. The van der Waals surface area contributed by atoms with Crippen molar-refractivity contribution in [2.75, 3.05) is 47.4 Å². The summed E-state index contributed by atoms with van der Waals surface area (Å²) in [5, 5.41) is 26.6. The number of benzene rings is 4. The van der Waals surface area contributed by atoms with Crippen molar-refractivity contribution in [3.05, 3.63) is 154 Å². The van der Waals surface area contributed by atoms with E-state index in [2.05, 4.69) is 37.2 Å². The molecule has 4 aliphatic rings. The Morgan fingerprint density at radius 1 is 0.636 bits per heavy atom. The number of hydrogen-bond donors (Lipinski definition) is 3. The van der Waals surface area contributed by atoms with Crippen molar-refractivity contribution >= 4 is 11.6 Å². The van der Waals surface area contributed by atoms with Crippen LogP contribution in [0.3, 0.4) is 0 Å². The first kappa shape index (κ1) is 55.2. The van der Waals surface area contributed by atoms with E-state index in [1.54, 1.807) is 88.7 Å². The van der Waals surface area contributed by atoms with Crippen LogP contribution in [0.1, 0.15) is 135 Å². The van der Waals surface area contributed by atoms with E-state index in [0.29, 0.717) is 56.9 Å². The Kier molecular flexibility index (Phi) is 16.3. The SMILES string of the molecule is COc1cc(C(=O)CCC(C)(O)c2cc(C3(C)CCN(C)C3)cc(-c3ccc(F)cc3)n2)ccc1OC1CC1.COc1cc(C(=O)CCC(C)(O)c2cc(C3(C)CCNC3)cc(-c3ccc(F)cc3)n2)ccc1OC1CC1. The van der Waals surface area contributed by atoms with E-state index in [0.717, 1.165) is 87.0 Å². The molecule has 4 fully saturated rings. The van der Waals surface area contributed by atoms with Crippen molar-refractivity contribution in [3.63, 3.8) is 0 Å². The number of halogens is 2. The number of nitrogens with one attached hydrogen (secondary N) is 1. The molecule has 4 aromatic carbocycles. The van der Waals surface area contributed by atoms with E-state index in [4.69, 9.17) is 28.9 Å². The molecular formula is C63H72F2N4O8. The number of hydrogen-bond acceptors (Lipinski definition) is 12. The van der Waals surface area contributed by atoms with Gasteiger partial charge < -0.3 is 39.4 Å². The standard InChI is InChI=1S/C32H37FN2O4.C31H35FN2O4/c1-31(15-16-35(3)20-31)23-18-26(21-5-8-24(33)9-6-21)34-30(19-23)32(2,37)14-13-27(36)22-7-12-28(29(17-22)38-4)39-25-10-11-25;1-30(14-15-33-19-30)22-17-25(20-4-7-23(32)8-5-20)34-29(18-22)31(2,36)13-12-26(35)21-6-11-27(28(16-21)37-3)38-24-9-10-24/h5-9,12,17-19,25,37H,10-11,13-16,20H2,1-4H3;4-8,11,16-18,24,33,36H,9-10,12-15,19H2,1-3H3. The zero-order chi connectivity index (χ0) is 54.7. The molecule has 0 radical (unpaired) electrons. The highest BCUT2D eigenvalue weighted by atomic mass is 19.1. The highest BCUT2D eigenvalue weighted by molar-refractivity contribution is 5.97. The van der Waals surface area contributed by atoms with E-state index >= 15 is 0 Å². The van der Waals surface area contributed by atoms with Crippen LogP contribution >= 0.6 is 0 Å². The maximum absolute atomic E-state index is 13.6. The zero-order valence-corrected chi connectivity index (χ0v) is 45.4. The molecule has 4 unspecified atom stereocenters. The van der Waals surface area contributed by atoms with Crippen LogP contribution in [0.15, 0.2) is 109 Å². The summed E-state index contributed by atoms with van der Waals surface area (Å²) in [4.78, 5) is 38.2. The van der Waals surface area contributed by atoms with Crippen LogP contribution in [0.2, 0.25) is 0 Å². The number of nitrogens with zero attached hydrogens (tertiary/aromatic N) is 3. The smallest absolute Gasteiger partial charge is 0.163 e. The molecule has 10 rings (SSSR count). The van der Waals surface area contributed by atoms with Gasteiger partial charge in [0.1, 0.15) is 22.8 Å². The predicted molar refractivity (Wildman–Crippen MR) is 293 cm³/mol. The quantitative estimate of drug-likeness (QED) is 0.0624. The van der Waals surface area contributed by atoms with E-state index in [-0.39, 0.29) is 71.9 Å². The minimum Gasteiger partial charge on any atom is -0.493 e. The van der Waals surface area contributed by atoms with Gasteiger partial charge in [0.2, 0.25) is 0 Å². The van der Waals surface area contributed by atoms with Gasteiger partial charge in [-0.1, -0.05) is 13.8 Å². The number of likely N-dealkylation sites (N-methyl/N-ethyl adjacent to an activating group) is 1. The van der Waals surface area contributed by atoms with Crippen molar-refractivity contribution < 1.29 is 47.5 Å². The molecule has 2 aliphatic carbocycles. The number of methoxy groups -OCH3 is 2. The predicted octanol–water partition coefficient (Wildman–Crippen LogP) is 11.5. The number of aliphatic hydroxyl groups is 2. The monoisotopic (exact) mass is 1050 g/mol. The normalized spacial score (nSPS) is 20.8. The minimum absolute atomic E-state index is 0.0918. The highest BCUT2D eigenvalue weighted by Crippen LogP contribution is 2.41. The first-order valence-corrected chi connectivity index (χ1v) is 26.9. The van der Waals surface area contributed by atoms with Gasteiger partial charge in [0.15, 0.2) is 34.6 Å². The van der Waals surface area contributed by atoms with Crippen LogP contribution in [-0.2, 0) is 22.0 Å². The topological polar surface area (TPSA) is 153 Å². The second-order valence-corrected chi connectivity index (χ2v) is 22.6. The number of carbonyl (C=O) groups excluding carboxylic acids is 2. The molecule has 0 amide bonds. The third kappa shape index (κ3) is 13.4. The lowest BCUT2D eigenvalue weighted by atomic mass is 9.80. The summed E-state index contributed by atoms with van der Waals surface area (Å²) in [6.45, 7) is 11.4. The molecule has 2 aromatic heterocycles. The molecule has 406 valence electrons. The van der Waals surface area contributed by atoms with E-state index in [9.17, 15) is 28.6 Å². The summed E-state index contributed by atoms with van der Waals surface area (Å²) in [5.74, 6) is 1.54. The molecule has 0 bridgehead atoms. The summed E-state index contributed by atoms with van der Waals surface area (Å²) < 4.78 is 49.9. The van der Waals surface area contributed by atoms with Crippen molar-refractivity contribution in [2.24, 2.45) is 0 Å². The van der Waals surface area contributed by atoms with Gasteiger partial charge >= 0.3 is 0 Å². The van der Waals surface area contributed by atoms with Crippen molar-refractivity contribution in [3.8, 4) is 45.5 Å². The summed E-state index contributed by atoms with van der Waals surface area (Å²) >= 11 is 0. The van der Waals surface area contributed by atoms with Gasteiger partial charge in [0.05, 0.1) is 49.2 Å². The summed E-state index contributed by atoms with van der Waals surface area (Å²) in [7, 11) is 5.23. The van der Waals surface area contributed by atoms with Crippen LogP contribution in [0.4, 0.5) is 8.78 Å². The van der Waals surface area contributed by atoms with E-state index < -0.39 is 11.2 Å². The number of rotatable bonds is 20. The Labute approximate surface area is 451 Å². The molecule has 6 aromatic rings. The van der Waals surface area contributed by atoms with Crippen molar-refractivity contribution in [1.29, 1.82) is 0 Å². The average Bonchev–Trinajstić information content (AvgIpc) is 4.37. The second kappa shape index (κ2) is 22.8. The lowest BCUT2D eigenvalue weighted by molar-refractivity contribution is 0.0395. The van der Waals surface area contributed by atoms with Crippen LogP contribution in [0, 0.1) is 11.6 Å². The molecule has 2 aliphatic heterocycles. The number of aromatic nitrogens is 2. The van der Waals surface area contributed by atoms with Crippen molar-refractivity contribution in [2.45, 2.75) is 126 Å². The maximum atomic E-state index is 13.6. The molecule has 77 heavy (non-hydrogen) atoms. The zero-order valence-electron chi connectivity index (χ0n) is 45.4. The Bertz CT molecular complexity index is 3080. The number of ketones is 2. The van der Waals surface area contributed by atoms with Gasteiger partial charge in [-0.15, -0.1) is 0 Å². The Morgan fingerprint density at radius 3 is 1.45 bits per heavy atom. The number of carbonyl (C=O) groups is 2. The van der Waals surface area contributed by atoms with E-state index in [1.165, 1.54) is 24.3 Å². The lowest BCUT2D eigenvalue weighted by Gasteiger charge is -2.29. The molecule has 12 nitrogen and oxygen atoms in total. The van der Waals surface area contributed by atoms with Crippen molar-refractivity contribution in [1.82, 2.24) is 20.2 Å². The molecule has 2 saturated carbocycles. The first-order chi connectivity index (χ1) is 36.7. The summed E-state index contributed by atoms with van der Waals surface area (Å²) in [6.07, 6.45) is 7.20. The first-order valence-electron chi connectivity index (χ1n) is 26.9. The van der Waals surface area contributed by atoms with Gasteiger partial charge in [-0.05, 0) is 206 Å². The summed E-state index contributed by atoms with van der Waals surface area (Å²) in [6, 6.07) is 30.9. The molecular weight excluding hydrogens is 979 g/mol. The molecule has 2 saturated heterocycles. The number of likely N-dealkylation sites (tertiary alicyclic amines) is 1. The molecule has 0 spiro atoms. The number of Topliss-reactive ketones (excluding diaryl/α,β-unsaturated/α-hetero) is 2. The second-order valence-electron chi connectivity index (χ2n) is 22.6. The number of ether oxygens (including phenoxy) is 4. The largest absolute Gasteiger partial charge is 0.493 e. The van der Waals surface area contributed by atoms with Crippen LogP contribution < -0.4 is 24.3 Å². The van der Waals surface area contributed by atoms with Gasteiger partial charge in [-0.25, -0.2) is 18.7 Å². The fraction of sp³-hybridized carbons (Fsp3) is 0.429. The Hall–Kier alpha value is -6.58. The Morgan fingerprint density at radius 2 is 1.08 bits per heavy atom. The molecule has 4 heterocycles. The minimum atomic E-state index is -1.35. The van der Waals surface area contributed by atoms with Gasteiger partial charge in [-0.3, -0.25) is 9.59 Å². The maximum Gasteiger partial charge on any atom is 0.163 e. The third-order valence-corrected chi connectivity index (χ3v) is 15.7. The van der Waals surface area contributed by atoms with E-state index in [1.807, 2.05) is 18.2 Å². The number of pyridine rings is 2. The summed E-state index contributed by atoms with van der Waals surface area (Å²) in [5.41, 5.74) is 4.19. The van der Waals surface area contributed by atoms with Crippen LogP contribution in [-0.4, -0.2) is 96.3 Å². The molecule has 4 atom stereocenters. The average molecular weight is 1050 g/mol. The van der Waals surface area contributed by atoms with Gasteiger partial charge in [0.25, 0.3) is 0 Å².